The third kappa shape index (κ3) is 4.76. The highest BCUT2D eigenvalue weighted by molar-refractivity contribution is 7.89. The van der Waals surface area contributed by atoms with E-state index in [4.69, 9.17) is 14.2 Å². The van der Waals surface area contributed by atoms with E-state index in [1.54, 1.807) is 24.3 Å². The van der Waals surface area contributed by atoms with E-state index in [-0.39, 0.29) is 10.3 Å². The van der Waals surface area contributed by atoms with Crippen LogP contribution in [-0.2, 0) is 15.4 Å². The van der Waals surface area contributed by atoms with Crippen molar-refractivity contribution in [1.29, 1.82) is 0 Å². The molecule has 0 bridgehead atoms. The minimum atomic E-state index is -3.67. The average molecular weight is 480 g/mol. The summed E-state index contributed by atoms with van der Waals surface area (Å²) >= 11 is 0. The van der Waals surface area contributed by atoms with Crippen LogP contribution in [0.3, 0.4) is 0 Å². The van der Waals surface area contributed by atoms with E-state index in [0.29, 0.717) is 25.5 Å². The lowest BCUT2D eigenvalue weighted by Gasteiger charge is -2.31. The maximum Gasteiger partial charge on any atom is 0.240 e. The number of hydrogen-bond donors (Lipinski definition) is 1. The SMILES string of the molecule is Cc1cccc(Oc2ccc(S(=O)(=O)NCC3(c4ccc5c(c4)OCCO5)CCCC3)cc2)c1. The Balaban J connectivity index is 1.31. The molecule has 3 aromatic rings. The minimum absolute atomic E-state index is 0.222. The fourth-order valence-electron chi connectivity index (χ4n) is 4.81. The first-order valence-electron chi connectivity index (χ1n) is 11.7. The van der Waals surface area contributed by atoms with Gasteiger partial charge in [0.15, 0.2) is 11.5 Å². The largest absolute Gasteiger partial charge is 0.486 e. The summed E-state index contributed by atoms with van der Waals surface area (Å²) in [4.78, 5) is 0.222. The summed E-state index contributed by atoms with van der Waals surface area (Å²) in [6.07, 6.45) is 4.00. The van der Waals surface area contributed by atoms with Gasteiger partial charge in [0.2, 0.25) is 10.0 Å². The van der Waals surface area contributed by atoms with Gasteiger partial charge in [0, 0.05) is 12.0 Å². The molecule has 34 heavy (non-hydrogen) atoms. The number of fused-ring (bicyclic) bond motifs is 1. The summed E-state index contributed by atoms with van der Waals surface area (Å²) in [7, 11) is -3.67. The molecule has 6 nitrogen and oxygen atoms in total. The first kappa shape index (κ1) is 22.7. The predicted octanol–water partition coefficient (Wildman–Crippen LogP) is 5.35. The van der Waals surface area contributed by atoms with E-state index in [9.17, 15) is 8.42 Å². The number of rotatable bonds is 7. The smallest absolute Gasteiger partial charge is 0.240 e. The Hall–Kier alpha value is -3.03. The summed E-state index contributed by atoms with van der Waals surface area (Å²) in [6.45, 7) is 3.42. The predicted molar refractivity (Wildman–Crippen MR) is 130 cm³/mol. The normalized spacial score (nSPS) is 16.9. The third-order valence-electron chi connectivity index (χ3n) is 6.68. The molecule has 5 rings (SSSR count). The Kier molecular flexibility index (Phi) is 6.23. The van der Waals surface area contributed by atoms with Gasteiger partial charge in [-0.25, -0.2) is 13.1 Å². The first-order chi connectivity index (χ1) is 16.4. The van der Waals surface area contributed by atoms with Crippen LogP contribution in [0.4, 0.5) is 0 Å². The van der Waals surface area contributed by atoms with Gasteiger partial charge in [0.25, 0.3) is 0 Å². The molecule has 1 aliphatic heterocycles. The van der Waals surface area contributed by atoms with Crippen LogP contribution in [0.5, 0.6) is 23.0 Å². The van der Waals surface area contributed by atoms with Crippen LogP contribution in [0.25, 0.3) is 0 Å². The quantitative estimate of drug-likeness (QED) is 0.495. The van der Waals surface area contributed by atoms with E-state index in [0.717, 1.165) is 54.1 Å². The zero-order valence-electron chi connectivity index (χ0n) is 19.3. The number of nitrogens with one attached hydrogen (secondary N) is 1. The topological polar surface area (TPSA) is 73.9 Å². The molecule has 1 saturated carbocycles. The van der Waals surface area contributed by atoms with Crippen LogP contribution < -0.4 is 18.9 Å². The monoisotopic (exact) mass is 479 g/mol. The summed E-state index contributed by atoms with van der Waals surface area (Å²) < 4.78 is 46.4. The van der Waals surface area contributed by atoms with Crippen molar-refractivity contribution in [3.05, 3.63) is 77.9 Å². The van der Waals surface area contributed by atoms with E-state index >= 15 is 0 Å². The molecule has 178 valence electrons. The minimum Gasteiger partial charge on any atom is -0.486 e. The molecule has 1 aliphatic carbocycles. The summed E-state index contributed by atoms with van der Waals surface area (Å²) in [6, 6.07) is 20.3. The molecule has 0 amide bonds. The van der Waals surface area contributed by atoms with Crippen LogP contribution >= 0.6 is 0 Å². The molecule has 1 N–H and O–H groups in total. The van der Waals surface area contributed by atoms with Crippen molar-refractivity contribution in [3.63, 3.8) is 0 Å². The standard InChI is InChI=1S/C27H29NO5S/c1-20-5-4-6-23(17-20)33-22-8-10-24(11-9-22)34(29,30)28-19-27(13-2-3-14-27)21-7-12-25-26(18-21)32-16-15-31-25/h4-12,17-18,28H,2-3,13-16,19H2,1H3. The molecular formula is C27H29NO5S. The molecule has 3 aromatic carbocycles. The van der Waals surface area contributed by atoms with E-state index in [1.165, 1.54) is 0 Å². The van der Waals surface area contributed by atoms with Gasteiger partial charge in [-0.3, -0.25) is 0 Å². The molecular weight excluding hydrogens is 450 g/mol. The van der Waals surface area contributed by atoms with Crippen LogP contribution in [0.1, 0.15) is 36.8 Å². The maximum atomic E-state index is 13.1. The average Bonchev–Trinajstić information content (AvgIpc) is 3.33. The van der Waals surface area contributed by atoms with Gasteiger partial charge in [-0.2, -0.15) is 0 Å². The van der Waals surface area contributed by atoms with Gasteiger partial charge in [-0.1, -0.05) is 31.0 Å². The Morgan fingerprint density at radius 2 is 1.62 bits per heavy atom. The van der Waals surface area contributed by atoms with Gasteiger partial charge >= 0.3 is 0 Å². The zero-order chi connectivity index (χ0) is 23.6. The summed E-state index contributed by atoms with van der Waals surface area (Å²) in [5.74, 6) is 2.79. The van der Waals surface area contributed by atoms with Crippen molar-refractivity contribution >= 4 is 10.0 Å². The summed E-state index contributed by atoms with van der Waals surface area (Å²) in [5.41, 5.74) is 1.94. The van der Waals surface area contributed by atoms with Crippen molar-refractivity contribution in [3.8, 4) is 23.0 Å². The molecule has 0 saturated heterocycles. The fraction of sp³-hybridized carbons (Fsp3) is 0.333. The molecule has 0 aromatic heterocycles. The molecule has 0 radical (unpaired) electrons. The van der Waals surface area contributed by atoms with Crippen LogP contribution in [0.15, 0.2) is 71.6 Å². The second-order valence-corrected chi connectivity index (χ2v) is 10.8. The second kappa shape index (κ2) is 9.31. The summed E-state index contributed by atoms with van der Waals surface area (Å²) in [5, 5.41) is 0. The highest BCUT2D eigenvalue weighted by Gasteiger charge is 2.37. The number of sulfonamides is 1. The second-order valence-electron chi connectivity index (χ2n) is 9.06. The number of ether oxygens (including phenoxy) is 3. The molecule has 7 heteroatoms. The molecule has 2 aliphatic rings. The lowest BCUT2D eigenvalue weighted by molar-refractivity contribution is 0.171. The van der Waals surface area contributed by atoms with Crippen molar-refractivity contribution in [2.75, 3.05) is 19.8 Å². The molecule has 1 heterocycles. The number of benzene rings is 3. The Morgan fingerprint density at radius 1 is 0.882 bits per heavy atom. The number of aryl methyl sites for hydroxylation is 1. The van der Waals surface area contributed by atoms with Crippen molar-refractivity contribution < 1.29 is 22.6 Å². The van der Waals surface area contributed by atoms with Crippen molar-refractivity contribution in [1.82, 2.24) is 4.72 Å². The van der Waals surface area contributed by atoms with E-state index in [1.807, 2.05) is 49.4 Å². The highest BCUT2D eigenvalue weighted by atomic mass is 32.2. The van der Waals surface area contributed by atoms with Crippen LogP contribution in [0, 0.1) is 6.92 Å². The van der Waals surface area contributed by atoms with Gasteiger partial charge in [0.05, 0.1) is 4.90 Å². The molecule has 0 spiro atoms. The number of hydrogen-bond acceptors (Lipinski definition) is 5. The lowest BCUT2D eigenvalue weighted by atomic mass is 9.79. The Morgan fingerprint density at radius 3 is 2.35 bits per heavy atom. The van der Waals surface area contributed by atoms with Crippen molar-refractivity contribution in [2.24, 2.45) is 0 Å². The third-order valence-corrected chi connectivity index (χ3v) is 8.09. The van der Waals surface area contributed by atoms with Gasteiger partial charge in [-0.05, 0) is 79.4 Å². The van der Waals surface area contributed by atoms with Crippen LogP contribution in [-0.4, -0.2) is 28.2 Å². The van der Waals surface area contributed by atoms with Crippen LogP contribution in [0.2, 0.25) is 0 Å². The highest BCUT2D eigenvalue weighted by Crippen LogP contribution is 2.44. The first-order valence-corrected chi connectivity index (χ1v) is 13.2. The molecule has 0 atom stereocenters. The van der Waals surface area contributed by atoms with E-state index in [2.05, 4.69) is 4.72 Å². The van der Waals surface area contributed by atoms with Gasteiger partial charge in [-0.15, -0.1) is 0 Å². The molecule has 1 fully saturated rings. The zero-order valence-corrected chi connectivity index (χ0v) is 20.1. The molecule has 0 unspecified atom stereocenters. The van der Waals surface area contributed by atoms with Gasteiger partial charge in [0.1, 0.15) is 24.7 Å². The fourth-order valence-corrected chi connectivity index (χ4v) is 5.94. The Labute approximate surface area is 200 Å². The van der Waals surface area contributed by atoms with Crippen molar-refractivity contribution in [2.45, 2.75) is 42.9 Å². The maximum absolute atomic E-state index is 13.1. The lowest BCUT2D eigenvalue weighted by Crippen LogP contribution is -2.39. The van der Waals surface area contributed by atoms with Gasteiger partial charge < -0.3 is 14.2 Å². The Bertz CT molecular complexity index is 1260. The van der Waals surface area contributed by atoms with E-state index < -0.39 is 10.0 Å².